The van der Waals surface area contributed by atoms with E-state index >= 15 is 0 Å². The van der Waals surface area contributed by atoms with E-state index in [0.717, 1.165) is 25.7 Å². The Labute approximate surface area is 151 Å². The van der Waals surface area contributed by atoms with Crippen LogP contribution in [0.15, 0.2) is 18.2 Å². The molecule has 0 aliphatic heterocycles. The number of hydrogen-bond acceptors (Lipinski definition) is 3. The van der Waals surface area contributed by atoms with E-state index in [1.807, 2.05) is 0 Å². The minimum atomic E-state index is -0.511. The number of urea groups is 1. The summed E-state index contributed by atoms with van der Waals surface area (Å²) in [7, 11) is 0. The van der Waals surface area contributed by atoms with E-state index < -0.39 is 5.97 Å². The summed E-state index contributed by atoms with van der Waals surface area (Å²) in [6, 6.07) is 5.06. The van der Waals surface area contributed by atoms with Gasteiger partial charge in [0.25, 0.3) is 0 Å². The predicted octanol–water partition coefficient (Wildman–Crippen LogP) is 4.45. The lowest BCUT2D eigenvalue weighted by Crippen LogP contribution is -2.39. The molecule has 1 heterocycles. The Balaban J connectivity index is 1.86. The number of carbonyl (C=O) groups excluding carboxylic acids is 2. The summed E-state index contributed by atoms with van der Waals surface area (Å²) in [6.45, 7) is 1.99. The van der Waals surface area contributed by atoms with Crippen LogP contribution >= 0.6 is 11.6 Å². The molecule has 2 amide bonds. The average molecular weight is 364 g/mol. The predicted molar refractivity (Wildman–Crippen MR) is 98.3 cm³/mol. The highest BCUT2D eigenvalue weighted by Gasteiger charge is 2.22. The second-order valence-corrected chi connectivity index (χ2v) is 6.66. The molecule has 0 spiro atoms. The molecule has 7 heteroatoms. The average Bonchev–Trinajstić information content (AvgIpc) is 2.94. The SMILES string of the molecule is CCOC(=O)c1[nH]c2ccc(Cl)cc2c1NC(=O)NC1CCCCC1. The quantitative estimate of drug-likeness (QED) is 0.701. The maximum Gasteiger partial charge on any atom is 0.356 e. The molecule has 0 radical (unpaired) electrons. The van der Waals surface area contributed by atoms with E-state index in [0.29, 0.717) is 21.6 Å². The Bertz CT molecular complexity index is 781. The number of benzene rings is 1. The summed E-state index contributed by atoms with van der Waals surface area (Å²) in [6.07, 6.45) is 5.44. The molecule has 3 N–H and O–H groups in total. The van der Waals surface area contributed by atoms with E-state index in [1.165, 1.54) is 6.42 Å². The number of aromatic amines is 1. The number of hydrogen-bond donors (Lipinski definition) is 3. The molecule has 134 valence electrons. The largest absolute Gasteiger partial charge is 0.461 e. The summed E-state index contributed by atoms with van der Waals surface area (Å²) >= 11 is 6.07. The van der Waals surface area contributed by atoms with Crippen LogP contribution < -0.4 is 10.6 Å². The first-order valence-corrected chi connectivity index (χ1v) is 9.02. The summed E-state index contributed by atoms with van der Waals surface area (Å²) in [5.74, 6) is -0.511. The monoisotopic (exact) mass is 363 g/mol. The van der Waals surface area contributed by atoms with Gasteiger partial charge in [0, 0.05) is 22.0 Å². The highest BCUT2D eigenvalue weighted by atomic mass is 35.5. The molecule has 1 aliphatic rings. The van der Waals surface area contributed by atoms with Crippen molar-refractivity contribution in [3.05, 3.63) is 28.9 Å². The molecule has 1 saturated carbocycles. The van der Waals surface area contributed by atoms with Crippen LogP contribution in [0.2, 0.25) is 5.02 Å². The van der Waals surface area contributed by atoms with Gasteiger partial charge in [-0.25, -0.2) is 9.59 Å². The van der Waals surface area contributed by atoms with Crippen molar-refractivity contribution < 1.29 is 14.3 Å². The van der Waals surface area contributed by atoms with Crippen LogP contribution in [0.3, 0.4) is 0 Å². The minimum Gasteiger partial charge on any atom is -0.461 e. The van der Waals surface area contributed by atoms with Gasteiger partial charge in [0.2, 0.25) is 0 Å². The number of ether oxygens (including phenoxy) is 1. The first-order chi connectivity index (χ1) is 12.1. The van der Waals surface area contributed by atoms with Crippen molar-refractivity contribution >= 4 is 40.2 Å². The van der Waals surface area contributed by atoms with E-state index in [2.05, 4.69) is 15.6 Å². The molecule has 2 aromatic rings. The number of carbonyl (C=O) groups is 2. The second-order valence-electron chi connectivity index (χ2n) is 6.22. The number of amides is 2. The Morgan fingerprint density at radius 1 is 1.28 bits per heavy atom. The lowest BCUT2D eigenvalue weighted by molar-refractivity contribution is 0.0522. The van der Waals surface area contributed by atoms with Crippen LogP contribution in [-0.2, 0) is 4.74 Å². The zero-order valence-electron chi connectivity index (χ0n) is 14.2. The van der Waals surface area contributed by atoms with Crippen molar-refractivity contribution in [3.8, 4) is 0 Å². The molecule has 0 atom stereocenters. The first kappa shape index (κ1) is 17.6. The van der Waals surface area contributed by atoms with Crippen molar-refractivity contribution in [1.82, 2.24) is 10.3 Å². The fraction of sp³-hybridized carbons (Fsp3) is 0.444. The van der Waals surface area contributed by atoms with Crippen molar-refractivity contribution in [2.45, 2.75) is 45.1 Å². The van der Waals surface area contributed by atoms with Gasteiger partial charge in [-0.15, -0.1) is 0 Å². The normalized spacial score (nSPS) is 15.1. The van der Waals surface area contributed by atoms with Gasteiger partial charge in [0.1, 0.15) is 5.69 Å². The number of fused-ring (bicyclic) bond motifs is 1. The van der Waals surface area contributed by atoms with Crippen molar-refractivity contribution in [2.24, 2.45) is 0 Å². The Hall–Kier alpha value is -2.21. The molecule has 6 nitrogen and oxygen atoms in total. The Morgan fingerprint density at radius 3 is 2.76 bits per heavy atom. The van der Waals surface area contributed by atoms with Crippen LogP contribution in [0, 0.1) is 0 Å². The van der Waals surface area contributed by atoms with Gasteiger partial charge < -0.3 is 20.4 Å². The lowest BCUT2D eigenvalue weighted by atomic mass is 9.96. The van der Waals surface area contributed by atoms with Crippen LogP contribution in [0.1, 0.15) is 49.5 Å². The molecular weight excluding hydrogens is 342 g/mol. The number of H-pyrrole nitrogens is 1. The first-order valence-electron chi connectivity index (χ1n) is 8.64. The molecule has 1 aromatic heterocycles. The van der Waals surface area contributed by atoms with E-state index in [9.17, 15) is 9.59 Å². The third-order valence-electron chi connectivity index (χ3n) is 4.42. The third kappa shape index (κ3) is 4.07. The van der Waals surface area contributed by atoms with Gasteiger partial charge >= 0.3 is 12.0 Å². The Morgan fingerprint density at radius 2 is 2.04 bits per heavy atom. The molecule has 0 unspecified atom stereocenters. The standard InChI is InChI=1S/C18H22ClN3O3/c1-2-25-17(23)16-15(13-10-11(19)8-9-14(13)21-16)22-18(24)20-12-6-4-3-5-7-12/h8-10,12,21H,2-7H2,1H3,(H2,20,22,24). The smallest absolute Gasteiger partial charge is 0.356 e. The fourth-order valence-electron chi connectivity index (χ4n) is 3.23. The number of nitrogens with one attached hydrogen (secondary N) is 3. The minimum absolute atomic E-state index is 0.175. The molecule has 0 bridgehead atoms. The highest BCUT2D eigenvalue weighted by molar-refractivity contribution is 6.31. The van der Waals surface area contributed by atoms with Gasteiger partial charge in [0.15, 0.2) is 0 Å². The lowest BCUT2D eigenvalue weighted by Gasteiger charge is -2.22. The van der Waals surface area contributed by atoms with Crippen molar-refractivity contribution in [1.29, 1.82) is 0 Å². The van der Waals surface area contributed by atoms with Crippen LogP contribution in [0.5, 0.6) is 0 Å². The Kier molecular flexibility index (Phi) is 5.48. The maximum absolute atomic E-state index is 12.4. The molecular formula is C18H22ClN3O3. The summed E-state index contributed by atoms with van der Waals surface area (Å²) < 4.78 is 5.09. The van der Waals surface area contributed by atoms with Gasteiger partial charge in [-0.2, -0.15) is 0 Å². The van der Waals surface area contributed by atoms with Crippen LogP contribution in [0.4, 0.5) is 10.5 Å². The van der Waals surface area contributed by atoms with Crippen molar-refractivity contribution in [2.75, 3.05) is 11.9 Å². The number of anilines is 1. The molecule has 1 aromatic carbocycles. The van der Waals surface area contributed by atoms with Gasteiger partial charge in [0.05, 0.1) is 12.3 Å². The van der Waals surface area contributed by atoms with Gasteiger partial charge in [-0.05, 0) is 38.0 Å². The second kappa shape index (κ2) is 7.78. The zero-order chi connectivity index (χ0) is 17.8. The fourth-order valence-corrected chi connectivity index (χ4v) is 3.40. The molecule has 3 rings (SSSR count). The molecule has 1 fully saturated rings. The van der Waals surface area contributed by atoms with E-state index in [4.69, 9.17) is 16.3 Å². The molecule has 1 aliphatic carbocycles. The van der Waals surface area contributed by atoms with E-state index in [1.54, 1.807) is 25.1 Å². The maximum atomic E-state index is 12.4. The van der Waals surface area contributed by atoms with Crippen LogP contribution in [-0.4, -0.2) is 29.6 Å². The van der Waals surface area contributed by atoms with Crippen molar-refractivity contribution in [3.63, 3.8) is 0 Å². The number of esters is 1. The summed E-state index contributed by atoms with van der Waals surface area (Å²) in [5.41, 5.74) is 1.32. The number of aromatic nitrogens is 1. The van der Waals surface area contributed by atoms with Gasteiger partial charge in [-0.1, -0.05) is 30.9 Å². The topological polar surface area (TPSA) is 83.2 Å². The van der Waals surface area contributed by atoms with Crippen LogP contribution in [0.25, 0.3) is 10.9 Å². The van der Waals surface area contributed by atoms with E-state index in [-0.39, 0.29) is 24.4 Å². The zero-order valence-corrected chi connectivity index (χ0v) is 14.9. The number of halogens is 1. The summed E-state index contributed by atoms with van der Waals surface area (Å²) in [4.78, 5) is 27.7. The highest BCUT2D eigenvalue weighted by Crippen LogP contribution is 2.31. The summed E-state index contributed by atoms with van der Waals surface area (Å²) in [5, 5.41) is 6.99. The molecule has 25 heavy (non-hydrogen) atoms. The third-order valence-corrected chi connectivity index (χ3v) is 4.65. The molecule has 0 saturated heterocycles. The van der Waals surface area contributed by atoms with Gasteiger partial charge in [-0.3, -0.25) is 0 Å². The number of rotatable bonds is 4.